The number of carbonyl (C=O) groups is 2. The molecule has 2 N–H and O–H groups in total. The fourth-order valence-electron chi connectivity index (χ4n) is 2.28. The average Bonchev–Trinajstić information content (AvgIpc) is 2.54. The molecule has 0 aliphatic rings. The number of carboxylic acids is 1. The van der Waals surface area contributed by atoms with Gasteiger partial charge in [0.05, 0.1) is 18.1 Å². The summed E-state index contributed by atoms with van der Waals surface area (Å²) < 4.78 is 13.1. The van der Waals surface area contributed by atoms with Gasteiger partial charge in [-0.25, -0.2) is 9.18 Å². The van der Waals surface area contributed by atoms with E-state index in [0.717, 1.165) is 0 Å². The van der Waals surface area contributed by atoms with Gasteiger partial charge in [0.25, 0.3) is 0 Å². The minimum atomic E-state index is -1.18. The Kier molecular flexibility index (Phi) is 5.63. The minimum absolute atomic E-state index is 0.0553. The van der Waals surface area contributed by atoms with Crippen LogP contribution >= 0.6 is 0 Å². The Morgan fingerprint density at radius 1 is 1.17 bits per heavy atom. The highest BCUT2D eigenvalue weighted by molar-refractivity contribution is 5.85. The normalized spacial score (nSPS) is 11.3. The predicted molar refractivity (Wildman–Crippen MR) is 84.5 cm³/mol. The molecule has 0 unspecified atom stereocenters. The number of carboxylic acid groups (broad SMARTS) is 1. The van der Waals surface area contributed by atoms with E-state index in [1.165, 1.54) is 18.2 Å². The standard InChI is InChI=1S/C18H15FN2O3/c19-15-6-2-4-13(8-15)10-17(22)21-16(18(23)24)9-12-3-1-5-14(7-12)11-20/h1-8,16H,9-10H2,(H,21,22)(H,23,24)/t16-/m0/s1. The molecule has 0 aliphatic carbocycles. The highest BCUT2D eigenvalue weighted by atomic mass is 19.1. The molecule has 0 bridgehead atoms. The molecule has 2 rings (SSSR count). The fourth-order valence-corrected chi connectivity index (χ4v) is 2.28. The summed E-state index contributed by atoms with van der Waals surface area (Å²) in [5.74, 6) is -2.14. The molecule has 0 saturated carbocycles. The summed E-state index contributed by atoms with van der Waals surface area (Å²) in [5, 5.41) is 20.6. The maximum atomic E-state index is 13.1. The van der Waals surface area contributed by atoms with Crippen LogP contribution < -0.4 is 5.32 Å². The minimum Gasteiger partial charge on any atom is -0.480 e. The number of hydrogen-bond donors (Lipinski definition) is 2. The molecule has 0 heterocycles. The van der Waals surface area contributed by atoms with Crippen LogP contribution in [0.5, 0.6) is 0 Å². The molecular weight excluding hydrogens is 311 g/mol. The third kappa shape index (κ3) is 4.92. The number of rotatable bonds is 6. The van der Waals surface area contributed by atoms with E-state index in [0.29, 0.717) is 16.7 Å². The van der Waals surface area contributed by atoms with E-state index in [2.05, 4.69) is 5.32 Å². The molecule has 5 nitrogen and oxygen atoms in total. The molecular formula is C18H15FN2O3. The lowest BCUT2D eigenvalue weighted by Crippen LogP contribution is -2.43. The van der Waals surface area contributed by atoms with Gasteiger partial charge in [0.1, 0.15) is 11.9 Å². The molecule has 0 radical (unpaired) electrons. The van der Waals surface area contributed by atoms with Crippen LogP contribution in [-0.2, 0) is 22.4 Å². The van der Waals surface area contributed by atoms with Crippen molar-refractivity contribution in [3.63, 3.8) is 0 Å². The van der Waals surface area contributed by atoms with E-state index in [1.807, 2.05) is 6.07 Å². The van der Waals surface area contributed by atoms with E-state index in [4.69, 9.17) is 5.26 Å². The van der Waals surface area contributed by atoms with E-state index in [1.54, 1.807) is 30.3 Å². The molecule has 0 aromatic heterocycles. The maximum absolute atomic E-state index is 13.1. The number of aliphatic carboxylic acids is 1. The molecule has 0 spiro atoms. The molecule has 24 heavy (non-hydrogen) atoms. The van der Waals surface area contributed by atoms with Gasteiger partial charge in [0.2, 0.25) is 5.91 Å². The number of nitrogens with zero attached hydrogens (tertiary/aromatic N) is 1. The summed E-state index contributed by atoms with van der Waals surface area (Å²) >= 11 is 0. The number of carbonyl (C=O) groups excluding carboxylic acids is 1. The van der Waals surface area contributed by atoms with Gasteiger partial charge in [-0.2, -0.15) is 5.26 Å². The van der Waals surface area contributed by atoms with E-state index < -0.39 is 23.7 Å². The molecule has 6 heteroatoms. The maximum Gasteiger partial charge on any atom is 0.326 e. The Labute approximate surface area is 138 Å². The summed E-state index contributed by atoms with van der Waals surface area (Å²) in [7, 11) is 0. The quantitative estimate of drug-likeness (QED) is 0.850. The van der Waals surface area contributed by atoms with Gasteiger partial charge >= 0.3 is 5.97 Å². The molecule has 0 fully saturated rings. The van der Waals surface area contributed by atoms with Crippen LogP contribution in [0.4, 0.5) is 4.39 Å². The van der Waals surface area contributed by atoms with Gasteiger partial charge in [-0.1, -0.05) is 24.3 Å². The lowest BCUT2D eigenvalue weighted by molar-refractivity contribution is -0.141. The molecule has 1 atom stereocenters. The summed E-state index contributed by atoms with van der Waals surface area (Å²) in [6.45, 7) is 0. The highest BCUT2D eigenvalue weighted by Crippen LogP contribution is 2.09. The molecule has 0 aliphatic heterocycles. The largest absolute Gasteiger partial charge is 0.480 e. The van der Waals surface area contributed by atoms with Crippen LogP contribution in [0.15, 0.2) is 48.5 Å². The summed E-state index contributed by atoms with van der Waals surface area (Å²) in [6, 6.07) is 13.0. The first kappa shape index (κ1) is 17.2. The molecule has 122 valence electrons. The van der Waals surface area contributed by atoms with Crippen molar-refractivity contribution in [2.45, 2.75) is 18.9 Å². The van der Waals surface area contributed by atoms with Crippen molar-refractivity contribution in [1.29, 1.82) is 5.26 Å². The van der Waals surface area contributed by atoms with Crippen LogP contribution in [-0.4, -0.2) is 23.0 Å². The first-order valence-corrected chi connectivity index (χ1v) is 7.23. The zero-order valence-corrected chi connectivity index (χ0v) is 12.7. The Balaban J connectivity index is 2.04. The summed E-state index contributed by atoms with van der Waals surface area (Å²) in [6.07, 6.45) is -0.0560. The van der Waals surface area contributed by atoms with Crippen molar-refractivity contribution in [3.8, 4) is 6.07 Å². The van der Waals surface area contributed by atoms with Gasteiger partial charge in [-0.05, 0) is 35.4 Å². The van der Waals surface area contributed by atoms with E-state index in [9.17, 15) is 19.1 Å². The Hall–Kier alpha value is -3.20. The van der Waals surface area contributed by atoms with Gasteiger partial charge in [0, 0.05) is 6.42 Å². The lowest BCUT2D eigenvalue weighted by Gasteiger charge is -2.15. The molecule has 1 amide bonds. The van der Waals surface area contributed by atoms with Crippen LogP contribution in [0.2, 0.25) is 0 Å². The number of amides is 1. The highest BCUT2D eigenvalue weighted by Gasteiger charge is 2.20. The van der Waals surface area contributed by atoms with Crippen LogP contribution in [0.1, 0.15) is 16.7 Å². The lowest BCUT2D eigenvalue weighted by atomic mass is 10.0. The molecule has 2 aromatic carbocycles. The number of nitriles is 1. The van der Waals surface area contributed by atoms with Crippen LogP contribution in [0.3, 0.4) is 0 Å². The van der Waals surface area contributed by atoms with Crippen molar-refractivity contribution in [3.05, 3.63) is 71.0 Å². The van der Waals surface area contributed by atoms with Crippen LogP contribution in [0.25, 0.3) is 0 Å². The summed E-state index contributed by atoms with van der Waals surface area (Å²) in [5.41, 5.74) is 1.51. The second-order valence-corrected chi connectivity index (χ2v) is 5.28. The second kappa shape index (κ2) is 7.88. The van der Waals surface area contributed by atoms with Gasteiger partial charge < -0.3 is 10.4 Å². The van der Waals surface area contributed by atoms with Crippen molar-refractivity contribution < 1.29 is 19.1 Å². The Morgan fingerprint density at radius 2 is 1.88 bits per heavy atom. The fraction of sp³-hybridized carbons (Fsp3) is 0.167. The number of benzene rings is 2. The zero-order valence-electron chi connectivity index (χ0n) is 12.7. The first-order valence-electron chi connectivity index (χ1n) is 7.23. The zero-order chi connectivity index (χ0) is 17.5. The third-order valence-corrected chi connectivity index (χ3v) is 3.38. The van der Waals surface area contributed by atoms with Gasteiger partial charge in [-0.3, -0.25) is 4.79 Å². The predicted octanol–water partition coefficient (Wildman–Crippen LogP) is 2.05. The van der Waals surface area contributed by atoms with Crippen molar-refractivity contribution in [1.82, 2.24) is 5.32 Å². The third-order valence-electron chi connectivity index (χ3n) is 3.38. The summed E-state index contributed by atoms with van der Waals surface area (Å²) in [4.78, 5) is 23.4. The van der Waals surface area contributed by atoms with E-state index >= 15 is 0 Å². The van der Waals surface area contributed by atoms with Crippen LogP contribution in [0, 0.1) is 17.1 Å². The van der Waals surface area contributed by atoms with Gasteiger partial charge in [-0.15, -0.1) is 0 Å². The Morgan fingerprint density at radius 3 is 2.54 bits per heavy atom. The SMILES string of the molecule is N#Cc1cccc(C[C@H](NC(=O)Cc2cccc(F)c2)C(=O)O)c1. The van der Waals surface area contributed by atoms with Crippen molar-refractivity contribution >= 4 is 11.9 Å². The van der Waals surface area contributed by atoms with Crippen molar-refractivity contribution in [2.75, 3.05) is 0 Å². The van der Waals surface area contributed by atoms with Crippen molar-refractivity contribution in [2.24, 2.45) is 0 Å². The molecule has 0 saturated heterocycles. The second-order valence-electron chi connectivity index (χ2n) is 5.28. The topological polar surface area (TPSA) is 90.2 Å². The smallest absolute Gasteiger partial charge is 0.326 e. The van der Waals surface area contributed by atoms with Gasteiger partial charge in [0.15, 0.2) is 0 Å². The molecule has 2 aromatic rings. The van der Waals surface area contributed by atoms with E-state index in [-0.39, 0.29) is 12.8 Å². The first-order chi connectivity index (χ1) is 11.5. The number of halogens is 1. The number of nitrogens with one attached hydrogen (secondary N) is 1. The monoisotopic (exact) mass is 326 g/mol. The average molecular weight is 326 g/mol. The number of hydrogen-bond acceptors (Lipinski definition) is 3. The Bertz CT molecular complexity index is 799.